The number of carbonyl (C=O) groups excluding carboxylic acids is 1. The van der Waals surface area contributed by atoms with Gasteiger partial charge in [0.2, 0.25) is 5.91 Å². The topological polar surface area (TPSA) is 69.8 Å². The Morgan fingerprint density at radius 2 is 2.53 bits per heavy atom. The summed E-state index contributed by atoms with van der Waals surface area (Å²) in [6.45, 7) is 6.93. The first kappa shape index (κ1) is 11.5. The number of nitrogens with zero attached hydrogens (tertiary/aromatic N) is 1. The van der Waals surface area contributed by atoms with Crippen LogP contribution in [0.3, 0.4) is 0 Å². The van der Waals surface area contributed by atoms with E-state index >= 15 is 0 Å². The maximum atomic E-state index is 11.3. The minimum Gasteiger partial charge on any atom is -0.351 e. The fourth-order valence-corrected chi connectivity index (χ4v) is 1.10. The molecule has 0 aliphatic heterocycles. The van der Waals surface area contributed by atoms with E-state index in [1.807, 2.05) is 6.92 Å². The van der Waals surface area contributed by atoms with Crippen molar-refractivity contribution in [3.63, 3.8) is 0 Å². The molecule has 0 radical (unpaired) electrons. The Hall–Kier alpha value is -1.62. The summed E-state index contributed by atoms with van der Waals surface area (Å²) < 4.78 is 0. The molecule has 5 nitrogen and oxygen atoms in total. The van der Waals surface area contributed by atoms with Crippen molar-refractivity contribution in [2.24, 2.45) is 0 Å². The first-order valence-electron chi connectivity index (χ1n) is 4.81. The SMILES string of the molecule is C=CCNCC(=O)NCc1cn[nH]c1C. The van der Waals surface area contributed by atoms with Crippen LogP contribution in [0.25, 0.3) is 0 Å². The number of aryl methyl sites for hydroxylation is 1. The number of aromatic nitrogens is 2. The molecular formula is C10H16N4O. The molecule has 1 heterocycles. The average molecular weight is 208 g/mol. The maximum absolute atomic E-state index is 11.3. The van der Waals surface area contributed by atoms with Crippen molar-refractivity contribution in [1.29, 1.82) is 0 Å². The van der Waals surface area contributed by atoms with Crippen molar-refractivity contribution in [3.8, 4) is 0 Å². The first-order chi connectivity index (χ1) is 7.24. The molecule has 0 spiro atoms. The highest BCUT2D eigenvalue weighted by Gasteiger charge is 2.03. The Morgan fingerprint density at radius 3 is 3.13 bits per heavy atom. The molecule has 1 aromatic heterocycles. The van der Waals surface area contributed by atoms with Crippen LogP contribution in [-0.4, -0.2) is 29.2 Å². The predicted octanol–water partition coefficient (Wildman–Crippen LogP) is 0.110. The average Bonchev–Trinajstić information content (AvgIpc) is 2.61. The second-order valence-electron chi connectivity index (χ2n) is 3.22. The van der Waals surface area contributed by atoms with Crippen molar-refractivity contribution in [2.75, 3.05) is 13.1 Å². The summed E-state index contributed by atoms with van der Waals surface area (Å²) in [6.07, 6.45) is 3.43. The molecule has 15 heavy (non-hydrogen) atoms. The van der Waals surface area contributed by atoms with Crippen molar-refractivity contribution in [2.45, 2.75) is 13.5 Å². The van der Waals surface area contributed by atoms with Gasteiger partial charge >= 0.3 is 0 Å². The lowest BCUT2D eigenvalue weighted by Gasteiger charge is -2.04. The molecular weight excluding hydrogens is 192 g/mol. The largest absolute Gasteiger partial charge is 0.351 e. The van der Waals surface area contributed by atoms with Crippen LogP contribution in [0.1, 0.15) is 11.3 Å². The molecule has 0 saturated heterocycles. The zero-order chi connectivity index (χ0) is 11.1. The third-order valence-electron chi connectivity index (χ3n) is 1.98. The van der Waals surface area contributed by atoms with E-state index in [1.54, 1.807) is 12.3 Å². The van der Waals surface area contributed by atoms with Gasteiger partial charge < -0.3 is 10.6 Å². The van der Waals surface area contributed by atoms with Gasteiger partial charge in [0.15, 0.2) is 0 Å². The van der Waals surface area contributed by atoms with Crippen LogP contribution in [0.15, 0.2) is 18.9 Å². The maximum Gasteiger partial charge on any atom is 0.234 e. The molecule has 0 aromatic carbocycles. The number of nitrogens with one attached hydrogen (secondary N) is 3. The lowest BCUT2D eigenvalue weighted by Crippen LogP contribution is -2.33. The second kappa shape index (κ2) is 5.98. The zero-order valence-corrected chi connectivity index (χ0v) is 8.84. The number of amides is 1. The number of rotatable bonds is 6. The highest BCUT2D eigenvalue weighted by atomic mass is 16.1. The standard InChI is InChI=1S/C10H16N4O/c1-3-4-11-7-10(15)12-5-9-6-13-14-8(9)2/h3,6,11H,1,4-5,7H2,2H3,(H,12,15)(H,13,14). The molecule has 5 heteroatoms. The van der Waals surface area contributed by atoms with Crippen molar-refractivity contribution >= 4 is 5.91 Å². The van der Waals surface area contributed by atoms with E-state index < -0.39 is 0 Å². The molecule has 1 amide bonds. The van der Waals surface area contributed by atoms with Gasteiger partial charge in [0.25, 0.3) is 0 Å². The monoisotopic (exact) mass is 208 g/mol. The van der Waals surface area contributed by atoms with Gasteiger partial charge in [-0.3, -0.25) is 9.89 Å². The van der Waals surface area contributed by atoms with Crippen LogP contribution >= 0.6 is 0 Å². The van der Waals surface area contributed by atoms with Gasteiger partial charge in [-0.1, -0.05) is 6.08 Å². The van der Waals surface area contributed by atoms with Gasteiger partial charge in [-0.25, -0.2) is 0 Å². The van der Waals surface area contributed by atoms with Crippen molar-refractivity contribution in [1.82, 2.24) is 20.8 Å². The third kappa shape index (κ3) is 3.95. The number of aromatic amines is 1. The van der Waals surface area contributed by atoms with Crippen LogP contribution in [-0.2, 0) is 11.3 Å². The van der Waals surface area contributed by atoms with Gasteiger partial charge in [-0.05, 0) is 6.92 Å². The molecule has 82 valence electrons. The molecule has 0 atom stereocenters. The third-order valence-corrected chi connectivity index (χ3v) is 1.98. The Morgan fingerprint density at radius 1 is 1.73 bits per heavy atom. The van der Waals surface area contributed by atoms with Gasteiger partial charge in [-0.2, -0.15) is 5.10 Å². The van der Waals surface area contributed by atoms with Crippen LogP contribution < -0.4 is 10.6 Å². The summed E-state index contributed by atoms with van der Waals surface area (Å²) in [6, 6.07) is 0. The Labute approximate surface area is 89.0 Å². The fourth-order valence-electron chi connectivity index (χ4n) is 1.10. The molecule has 1 aromatic rings. The molecule has 0 unspecified atom stereocenters. The van der Waals surface area contributed by atoms with Crippen LogP contribution in [0.4, 0.5) is 0 Å². The lowest BCUT2D eigenvalue weighted by atomic mass is 10.2. The molecule has 0 saturated carbocycles. The van der Waals surface area contributed by atoms with Gasteiger partial charge in [0.1, 0.15) is 0 Å². The number of H-pyrrole nitrogens is 1. The summed E-state index contributed by atoms with van der Waals surface area (Å²) in [5.41, 5.74) is 1.99. The lowest BCUT2D eigenvalue weighted by molar-refractivity contribution is -0.120. The molecule has 0 aliphatic carbocycles. The minimum atomic E-state index is -0.0301. The second-order valence-corrected chi connectivity index (χ2v) is 3.22. The fraction of sp³-hybridized carbons (Fsp3) is 0.400. The van der Waals surface area contributed by atoms with E-state index in [0.29, 0.717) is 19.6 Å². The van der Waals surface area contributed by atoms with Gasteiger partial charge in [0, 0.05) is 24.3 Å². The van der Waals surface area contributed by atoms with Gasteiger partial charge in [-0.15, -0.1) is 6.58 Å². The molecule has 0 aliphatic rings. The van der Waals surface area contributed by atoms with Crippen LogP contribution in [0.5, 0.6) is 0 Å². The first-order valence-corrected chi connectivity index (χ1v) is 4.81. The van der Waals surface area contributed by atoms with Crippen LogP contribution in [0, 0.1) is 6.92 Å². The molecule has 3 N–H and O–H groups in total. The van der Waals surface area contributed by atoms with Gasteiger partial charge in [0.05, 0.1) is 12.7 Å². The summed E-state index contributed by atoms with van der Waals surface area (Å²) in [4.78, 5) is 11.3. The minimum absolute atomic E-state index is 0.0301. The molecule has 1 rings (SSSR count). The Bertz CT molecular complexity index is 332. The summed E-state index contributed by atoms with van der Waals surface area (Å²) in [5, 5.41) is 12.4. The van der Waals surface area contributed by atoms with Crippen molar-refractivity contribution < 1.29 is 4.79 Å². The van der Waals surface area contributed by atoms with Crippen LogP contribution in [0.2, 0.25) is 0 Å². The van der Waals surface area contributed by atoms with E-state index in [9.17, 15) is 4.79 Å². The van der Waals surface area contributed by atoms with E-state index in [-0.39, 0.29) is 5.91 Å². The highest BCUT2D eigenvalue weighted by molar-refractivity contribution is 5.77. The number of carbonyl (C=O) groups is 1. The van der Waals surface area contributed by atoms with E-state index in [0.717, 1.165) is 11.3 Å². The summed E-state index contributed by atoms with van der Waals surface area (Å²) in [7, 11) is 0. The number of hydrogen-bond donors (Lipinski definition) is 3. The Balaban J connectivity index is 2.22. The highest BCUT2D eigenvalue weighted by Crippen LogP contribution is 2.00. The molecule has 0 bridgehead atoms. The van der Waals surface area contributed by atoms with E-state index in [4.69, 9.17) is 0 Å². The van der Waals surface area contributed by atoms with E-state index in [2.05, 4.69) is 27.4 Å². The predicted molar refractivity (Wildman–Crippen MR) is 58.2 cm³/mol. The number of hydrogen-bond acceptors (Lipinski definition) is 3. The summed E-state index contributed by atoms with van der Waals surface area (Å²) in [5.74, 6) is -0.0301. The van der Waals surface area contributed by atoms with E-state index in [1.165, 1.54) is 0 Å². The molecule has 0 fully saturated rings. The van der Waals surface area contributed by atoms with Crippen molar-refractivity contribution in [3.05, 3.63) is 30.1 Å². The quantitative estimate of drug-likeness (QED) is 0.459. The zero-order valence-electron chi connectivity index (χ0n) is 8.84. The smallest absolute Gasteiger partial charge is 0.234 e. The summed E-state index contributed by atoms with van der Waals surface area (Å²) >= 11 is 0. The normalized spacial score (nSPS) is 9.93. The Kier molecular flexibility index (Phi) is 4.56.